The molecule has 10 nitrogen and oxygen atoms in total. The third-order valence-electron chi connectivity index (χ3n) is 6.80. The molecular weight excluding hydrogens is 474 g/mol. The summed E-state index contributed by atoms with van der Waals surface area (Å²) in [4.78, 5) is 29.3. The summed E-state index contributed by atoms with van der Waals surface area (Å²) in [6.45, 7) is 0.373. The maximum absolute atomic E-state index is 13.9. The standard InChI is InChI=1S/C27H35N5O5/c1-35-17-16-31(24(33)18-32-22-14-8-7-13-21(22)29-30-32)25(27(34)28-19-10-5-4-6-11-19)20-12-9-15-23(36-2)26(20)37-3/h7-9,12-15,19,25H,4-6,10-11,16-18H2,1-3H3,(H,28,34). The number of carbonyl (C=O) groups is 2. The van der Waals surface area contributed by atoms with Crippen LogP contribution in [0.15, 0.2) is 42.5 Å². The number of methoxy groups -OCH3 is 3. The average Bonchev–Trinajstić information content (AvgIpc) is 3.33. The molecule has 1 aliphatic carbocycles. The fraction of sp³-hybridized carbons (Fsp3) is 0.481. The summed E-state index contributed by atoms with van der Waals surface area (Å²) in [5.41, 5.74) is 1.98. The number of aromatic nitrogens is 3. The molecule has 1 aromatic heterocycles. The first-order valence-corrected chi connectivity index (χ1v) is 12.6. The van der Waals surface area contributed by atoms with Gasteiger partial charge in [-0.25, -0.2) is 4.68 Å². The molecule has 37 heavy (non-hydrogen) atoms. The first-order chi connectivity index (χ1) is 18.1. The first-order valence-electron chi connectivity index (χ1n) is 12.6. The lowest BCUT2D eigenvalue weighted by atomic mass is 9.94. The first kappa shape index (κ1) is 26.4. The van der Waals surface area contributed by atoms with Gasteiger partial charge in [0.1, 0.15) is 18.1 Å². The summed E-state index contributed by atoms with van der Waals surface area (Å²) in [7, 11) is 4.64. The van der Waals surface area contributed by atoms with Crippen molar-refractivity contribution in [3.05, 3.63) is 48.0 Å². The fourth-order valence-corrected chi connectivity index (χ4v) is 4.95. The molecule has 0 saturated heterocycles. The lowest BCUT2D eigenvalue weighted by Gasteiger charge is -2.34. The van der Waals surface area contributed by atoms with Crippen molar-refractivity contribution in [3.8, 4) is 11.5 Å². The predicted octanol–water partition coefficient (Wildman–Crippen LogP) is 3.11. The molecule has 1 N–H and O–H groups in total. The molecule has 0 aliphatic heterocycles. The summed E-state index contributed by atoms with van der Waals surface area (Å²) >= 11 is 0. The number of fused-ring (bicyclic) bond motifs is 1. The molecule has 1 unspecified atom stereocenters. The minimum Gasteiger partial charge on any atom is -0.493 e. The molecule has 1 heterocycles. The monoisotopic (exact) mass is 509 g/mol. The predicted molar refractivity (Wildman–Crippen MR) is 138 cm³/mol. The maximum Gasteiger partial charge on any atom is 0.247 e. The van der Waals surface area contributed by atoms with E-state index in [1.165, 1.54) is 18.4 Å². The Hall–Kier alpha value is -3.66. The summed E-state index contributed by atoms with van der Waals surface area (Å²) in [6.07, 6.45) is 5.16. The van der Waals surface area contributed by atoms with E-state index >= 15 is 0 Å². The Morgan fingerprint density at radius 2 is 1.84 bits per heavy atom. The Labute approximate surface area is 216 Å². The molecule has 1 atom stereocenters. The number of carbonyl (C=O) groups excluding carboxylic acids is 2. The zero-order valence-electron chi connectivity index (χ0n) is 21.7. The van der Waals surface area contributed by atoms with Crippen molar-refractivity contribution in [2.24, 2.45) is 0 Å². The topological polar surface area (TPSA) is 108 Å². The summed E-state index contributed by atoms with van der Waals surface area (Å²) in [5.74, 6) is 0.347. The van der Waals surface area contributed by atoms with Gasteiger partial charge < -0.3 is 24.4 Å². The van der Waals surface area contributed by atoms with Crippen molar-refractivity contribution in [1.29, 1.82) is 0 Å². The van der Waals surface area contributed by atoms with E-state index in [1.54, 1.807) is 37.1 Å². The lowest BCUT2D eigenvalue weighted by Crippen LogP contribution is -2.49. The van der Waals surface area contributed by atoms with Crippen LogP contribution in [0.2, 0.25) is 0 Å². The van der Waals surface area contributed by atoms with Crippen molar-refractivity contribution in [2.75, 3.05) is 34.5 Å². The minimum absolute atomic E-state index is 0.0685. The van der Waals surface area contributed by atoms with Crippen LogP contribution in [0.5, 0.6) is 11.5 Å². The van der Waals surface area contributed by atoms with Crippen LogP contribution in [-0.4, -0.2) is 72.2 Å². The number of hydrogen-bond acceptors (Lipinski definition) is 7. The number of para-hydroxylation sites is 2. The minimum atomic E-state index is -0.954. The van der Waals surface area contributed by atoms with Gasteiger partial charge in [0.2, 0.25) is 11.8 Å². The van der Waals surface area contributed by atoms with Crippen LogP contribution in [0, 0.1) is 0 Å². The van der Waals surface area contributed by atoms with Gasteiger partial charge in [-0.1, -0.05) is 48.7 Å². The van der Waals surface area contributed by atoms with E-state index in [-0.39, 0.29) is 37.6 Å². The number of amides is 2. The number of rotatable bonds is 11. The SMILES string of the molecule is COCCN(C(=O)Cn1nnc2ccccc21)C(C(=O)NC1CCCCC1)c1cccc(OC)c1OC. The van der Waals surface area contributed by atoms with Crippen molar-refractivity contribution in [2.45, 2.75) is 50.7 Å². The van der Waals surface area contributed by atoms with E-state index < -0.39 is 6.04 Å². The third kappa shape index (κ3) is 6.02. The van der Waals surface area contributed by atoms with E-state index in [9.17, 15) is 9.59 Å². The number of ether oxygens (including phenoxy) is 3. The fourth-order valence-electron chi connectivity index (χ4n) is 4.95. The lowest BCUT2D eigenvalue weighted by molar-refractivity contribution is -0.142. The van der Waals surface area contributed by atoms with Crippen LogP contribution in [0.4, 0.5) is 0 Å². The van der Waals surface area contributed by atoms with Gasteiger partial charge in [0.05, 0.1) is 26.3 Å². The van der Waals surface area contributed by atoms with E-state index in [2.05, 4.69) is 15.6 Å². The van der Waals surface area contributed by atoms with E-state index in [1.807, 2.05) is 24.3 Å². The molecule has 1 fully saturated rings. The molecule has 1 saturated carbocycles. The highest BCUT2D eigenvalue weighted by molar-refractivity contribution is 5.90. The Morgan fingerprint density at radius 1 is 1.05 bits per heavy atom. The molecule has 2 amide bonds. The molecule has 0 radical (unpaired) electrons. The zero-order valence-corrected chi connectivity index (χ0v) is 21.7. The van der Waals surface area contributed by atoms with E-state index in [4.69, 9.17) is 14.2 Å². The molecule has 4 rings (SSSR count). The normalized spacial score (nSPS) is 14.8. The van der Waals surface area contributed by atoms with Crippen molar-refractivity contribution >= 4 is 22.8 Å². The van der Waals surface area contributed by atoms with Crippen LogP contribution in [0.25, 0.3) is 11.0 Å². The van der Waals surface area contributed by atoms with Crippen LogP contribution in [0.3, 0.4) is 0 Å². The van der Waals surface area contributed by atoms with Crippen LogP contribution in [0.1, 0.15) is 43.7 Å². The number of benzene rings is 2. The van der Waals surface area contributed by atoms with Gasteiger partial charge in [0.25, 0.3) is 0 Å². The van der Waals surface area contributed by atoms with Crippen molar-refractivity contribution < 1.29 is 23.8 Å². The van der Waals surface area contributed by atoms with Gasteiger partial charge in [-0.2, -0.15) is 0 Å². The van der Waals surface area contributed by atoms with Crippen LogP contribution < -0.4 is 14.8 Å². The van der Waals surface area contributed by atoms with Gasteiger partial charge in [0, 0.05) is 25.3 Å². The summed E-state index contributed by atoms with van der Waals surface area (Å²) < 4.78 is 18.1. The number of nitrogens with one attached hydrogen (secondary N) is 1. The molecule has 2 aromatic carbocycles. The second-order valence-corrected chi connectivity index (χ2v) is 9.14. The molecule has 0 spiro atoms. The second-order valence-electron chi connectivity index (χ2n) is 9.14. The van der Waals surface area contributed by atoms with Gasteiger partial charge in [0.15, 0.2) is 11.5 Å². The Balaban J connectivity index is 1.72. The average molecular weight is 510 g/mol. The van der Waals surface area contributed by atoms with Crippen LogP contribution >= 0.6 is 0 Å². The Bertz CT molecular complexity index is 1210. The highest BCUT2D eigenvalue weighted by atomic mass is 16.5. The highest BCUT2D eigenvalue weighted by Gasteiger charge is 2.35. The zero-order chi connectivity index (χ0) is 26.2. The second kappa shape index (κ2) is 12.5. The van der Waals surface area contributed by atoms with Crippen LogP contribution in [-0.2, 0) is 20.9 Å². The van der Waals surface area contributed by atoms with E-state index in [0.29, 0.717) is 22.6 Å². The Kier molecular flexibility index (Phi) is 8.95. The van der Waals surface area contributed by atoms with Crippen molar-refractivity contribution in [3.63, 3.8) is 0 Å². The molecule has 0 bridgehead atoms. The maximum atomic E-state index is 13.9. The van der Waals surface area contributed by atoms with Gasteiger partial charge >= 0.3 is 0 Å². The largest absolute Gasteiger partial charge is 0.493 e. The van der Waals surface area contributed by atoms with Gasteiger partial charge in [-0.15, -0.1) is 5.10 Å². The smallest absolute Gasteiger partial charge is 0.247 e. The van der Waals surface area contributed by atoms with Gasteiger partial charge in [-0.05, 0) is 31.0 Å². The van der Waals surface area contributed by atoms with Gasteiger partial charge in [-0.3, -0.25) is 9.59 Å². The summed E-state index contributed by atoms with van der Waals surface area (Å²) in [5, 5.41) is 11.5. The molecule has 3 aromatic rings. The van der Waals surface area contributed by atoms with Crippen molar-refractivity contribution in [1.82, 2.24) is 25.2 Å². The molecule has 1 aliphatic rings. The number of hydrogen-bond donors (Lipinski definition) is 1. The Morgan fingerprint density at radius 3 is 2.57 bits per heavy atom. The number of nitrogens with zero attached hydrogens (tertiary/aromatic N) is 4. The quantitative estimate of drug-likeness (QED) is 0.423. The van der Waals surface area contributed by atoms with E-state index in [0.717, 1.165) is 31.2 Å². The summed E-state index contributed by atoms with van der Waals surface area (Å²) in [6, 6.07) is 11.9. The molecule has 10 heteroatoms. The highest BCUT2D eigenvalue weighted by Crippen LogP contribution is 2.37. The third-order valence-corrected chi connectivity index (χ3v) is 6.80. The molecular formula is C27H35N5O5. The molecule has 198 valence electrons.